The third kappa shape index (κ3) is 5.19. The second-order valence-corrected chi connectivity index (χ2v) is 5.85. The van der Waals surface area contributed by atoms with Gasteiger partial charge >= 0.3 is 0 Å². The van der Waals surface area contributed by atoms with Gasteiger partial charge in [0.15, 0.2) is 0 Å². The fourth-order valence-corrected chi connectivity index (χ4v) is 2.27. The summed E-state index contributed by atoms with van der Waals surface area (Å²) in [5.74, 6) is 0. The molecule has 1 aliphatic carbocycles. The zero-order chi connectivity index (χ0) is 14.4. The maximum absolute atomic E-state index is 5.20. The van der Waals surface area contributed by atoms with E-state index in [1.807, 2.05) is 0 Å². The van der Waals surface area contributed by atoms with Gasteiger partial charge in [-0.25, -0.2) is 0 Å². The summed E-state index contributed by atoms with van der Waals surface area (Å²) in [6, 6.07) is 7.56. The molecule has 4 nitrogen and oxygen atoms in total. The fraction of sp³-hybridized carbons (Fsp3) is 0.688. The van der Waals surface area contributed by atoms with Crippen LogP contribution in [0.4, 0.5) is 0 Å². The average Bonchev–Trinajstić information content (AvgIpc) is 3.26. The number of aromatic nitrogens is 1. The van der Waals surface area contributed by atoms with Gasteiger partial charge in [0.1, 0.15) is 0 Å². The van der Waals surface area contributed by atoms with Crippen molar-refractivity contribution in [3.05, 3.63) is 29.6 Å². The topological polar surface area (TPSA) is 37.4 Å². The van der Waals surface area contributed by atoms with E-state index in [2.05, 4.69) is 42.3 Å². The molecule has 0 aliphatic heterocycles. The molecule has 1 aromatic rings. The molecule has 1 aromatic heterocycles. The van der Waals surface area contributed by atoms with E-state index in [4.69, 9.17) is 9.72 Å². The molecular weight excluding hydrogens is 250 g/mol. The number of hydrogen-bond acceptors (Lipinski definition) is 4. The summed E-state index contributed by atoms with van der Waals surface area (Å²) in [4.78, 5) is 7.25. The van der Waals surface area contributed by atoms with Gasteiger partial charge < -0.3 is 10.1 Å². The van der Waals surface area contributed by atoms with E-state index in [1.54, 1.807) is 7.11 Å². The second-order valence-electron chi connectivity index (χ2n) is 5.85. The van der Waals surface area contributed by atoms with Crippen molar-refractivity contribution >= 4 is 0 Å². The van der Waals surface area contributed by atoms with E-state index in [9.17, 15) is 0 Å². The SMILES string of the molecule is COCCN(Cc1cccc(CNC(C)C)n1)C1CC1. The summed E-state index contributed by atoms with van der Waals surface area (Å²) < 4.78 is 5.20. The van der Waals surface area contributed by atoms with Crippen molar-refractivity contribution in [1.82, 2.24) is 15.2 Å². The smallest absolute Gasteiger partial charge is 0.0589 e. The Balaban J connectivity index is 1.91. The number of nitrogens with zero attached hydrogens (tertiary/aromatic N) is 2. The van der Waals surface area contributed by atoms with E-state index in [-0.39, 0.29) is 0 Å². The first kappa shape index (κ1) is 15.4. The Bertz CT molecular complexity index is 404. The summed E-state index contributed by atoms with van der Waals surface area (Å²) in [6.45, 7) is 7.88. The Labute approximate surface area is 122 Å². The van der Waals surface area contributed by atoms with Crippen molar-refractivity contribution < 1.29 is 4.74 Å². The van der Waals surface area contributed by atoms with Gasteiger partial charge in [0.25, 0.3) is 0 Å². The van der Waals surface area contributed by atoms with Crippen molar-refractivity contribution in [1.29, 1.82) is 0 Å². The minimum Gasteiger partial charge on any atom is -0.383 e. The van der Waals surface area contributed by atoms with E-state index in [0.717, 1.165) is 43.7 Å². The highest BCUT2D eigenvalue weighted by atomic mass is 16.5. The molecule has 0 spiro atoms. The molecule has 0 unspecified atom stereocenters. The molecule has 112 valence electrons. The molecule has 1 saturated carbocycles. The number of ether oxygens (including phenoxy) is 1. The Morgan fingerprint density at radius 3 is 2.75 bits per heavy atom. The van der Waals surface area contributed by atoms with Crippen LogP contribution in [0.3, 0.4) is 0 Å². The van der Waals surface area contributed by atoms with Gasteiger partial charge in [-0.05, 0) is 25.0 Å². The van der Waals surface area contributed by atoms with Crippen molar-refractivity contribution in [3.8, 4) is 0 Å². The first-order valence-corrected chi connectivity index (χ1v) is 7.60. The largest absolute Gasteiger partial charge is 0.383 e. The molecule has 20 heavy (non-hydrogen) atoms. The van der Waals surface area contributed by atoms with Gasteiger partial charge in [0, 0.05) is 38.8 Å². The normalized spacial score (nSPS) is 15.2. The Morgan fingerprint density at radius 1 is 1.35 bits per heavy atom. The molecule has 0 radical (unpaired) electrons. The van der Waals surface area contributed by atoms with Crippen molar-refractivity contribution in [2.75, 3.05) is 20.3 Å². The highest BCUT2D eigenvalue weighted by Gasteiger charge is 2.28. The molecule has 0 atom stereocenters. The van der Waals surface area contributed by atoms with Gasteiger partial charge in [0.2, 0.25) is 0 Å². The fourth-order valence-electron chi connectivity index (χ4n) is 2.27. The monoisotopic (exact) mass is 277 g/mol. The third-order valence-electron chi connectivity index (χ3n) is 3.57. The van der Waals surface area contributed by atoms with Gasteiger partial charge in [-0.1, -0.05) is 19.9 Å². The Hall–Kier alpha value is -0.970. The van der Waals surface area contributed by atoms with Crippen LogP contribution in [0.2, 0.25) is 0 Å². The lowest BCUT2D eigenvalue weighted by molar-refractivity contribution is 0.139. The van der Waals surface area contributed by atoms with E-state index < -0.39 is 0 Å². The molecule has 0 amide bonds. The lowest BCUT2D eigenvalue weighted by Crippen LogP contribution is -2.29. The predicted octanol–water partition coefficient (Wildman–Crippen LogP) is 2.19. The maximum atomic E-state index is 5.20. The first-order chi connectivity index (χ1) is 9.69. The molecule has 1 aliphatic rings. The van der Waals surface area contributed by atoms with E-state index in [0.29, 0.717) is 6.04 Å². The lowest BCUT2D eigenvalue weighted by atomic mass is 10.2. The van der Waals surface area contributed by atoms with Crippen LogP contribution in [-0.4, -0.2) is 42.2 Å². The lowest BCUT2D eigenvalue weighted by Gasteiger charge is -2.21. The molecule has 1 fully saturated rings. The quantitative estimate of drug-likeness (QED) is 0.751. The number of hydrogen-bond donors (Lipinski definition) is 1. The summed E-state index contributed by atoms with van der Waals surface area (Å²) in [6.07, 6.45) is 2.64. The summed E-state index contributed by atoms with van der Waals surface area (Å²) >= 11 is 0. The molecule has 0 aromatic carbocycles. The highest BCUT2D eigenvalue weighted by Crippen LogP contribution is 2.27. The molecule has 4 heteroatoms. The van der Waals surface area contributed by atoms with Crippen LogP contribution >= 0.6 is 0 Å². The van der Waals surface area contributed by atoms with Gasteiger partial charge in [-0.2, -0.15) is 0 Å². The standard InChI is InChI=1S/C16H27N3O/c1-13(2)17-11-14-5-4-6-15(18-14)12-19(9-10-20-3)16-7-8-16/h4-6,13,16-17H,7-12H2,1-3H3. The minimum absolute atomic E-state index is 0.491. The van der Waals surface area contributed by atoms with E-state index >= 15 is 0 Å². The number of nitrogens with one attached hydrogen (secondary N) is 1. The molecule has 0 bridgehead atoms. The summed E-state index contributed by atoms with van der Waals surface area (Å²) in [5.41, 5.74) is 2.29. The summed E-state index contributed by atoms with van der Waals surface area (Å²) in [5, 5.41) is 3.42. The highest BCUT2D eigenvalue weighted by molar-refractivity contribution is 5.11. The van der Waals surface area contributed by atoms with Gasteiger partial charge in [0.05, 0.1) is 18.0 Å². The Morgan fingerprint density at radius 2 is 2.10 bits per heavy atom. The Kier molecular flexibility index (Phi) is 5.95. The number of pyridine rings is 1. The maximum Gasteiger partial charge on any atom is 0.0589 e. The zero-order valence-corrected chi connectivity index (χ0v) is 12.9. The molecule has 2 rings (SSSR count). The van der Waals surface area contributed by atoms with Crippen LogP contribution in [0.1, 0.15) is 38.1 Å². The van der Waals surface area contributed by atoms with Crippen LogP contribution in [0.15, 0.2) is 18.2 Å². The molecule has 0 saturated heterocycles. The first-order valence-electron chi connectivity index (χ1n) is 7.60. The number of rotatable bonds is 9. The van der Waals surface area contributed by atoms with Crippen LogP contribution < -0.4 is 5.32 Å². The van der Waals surface area contributed by atoms with Crippen molar-refractivity contribution in [3.63, 3.8) is 0 Å². The summed E-state index contributed by atoms with van der Waals surface area (Å²) in [7, 11) is 1.77. The third-order valence-corrected chi connectivity index (χ3v) is 3.57. The van der Waals surface area contributed by atoms with Gasteiger partial charge in [-0.15, -0.1) is 0 Å². The molecule has 1 heterocycles. The van der Waals surface area contributed by atoms with Crippen LogP contribution in [0, 0.1) is 0 Å². The minimum atomic E-state index is 0.491. The van der Waals surface area contributed by atoms with Crippen molar-refractivity contribution in [2.24, 2.45) is 0 Å². The van der Waals surface area contributed by atoms with Crippen LogP contribution in [-0.2, 0) is 17.8 Å². The van der Waals surface area contributed by atoms with Crippen LogP contribution in [0.5, 0.6) is 0 Å². The molecule has 1 N–H and O–H groups in total. The second kappa shape index (κ2) is 7.72. The van der Waals surface area contributed by atoms with E-state index in [1.165, 1.54) is 12.8 Å². The van der Waals surface area contributed by atoms with Crippen molar-refractivity contribution in [2.45, 2.75) is 51.9 Å². The van der Waals surface area contributed by atoms with Gasteiger partial charge in [-0.3, -0.25) is 9.88 Å². The van der Waals surface area contributed by atoms with Crippen LogP contribution in [0.25, 0.3) is 0 Å². The molecular formula is C16H27N3O. The average molecular weight is 277 g/mol. The zero-order valence-electron chi connectivity index (χ0n) is 12.9. The predicted molar refractivity (Wildman–Crippen MR) is 81.5 cm³/mol. The number of methoxy groups -OCH3 is 1.